The molecule has 4 nitrogen and oxygen atoms in total. The Morgan fingerprint density at radius 1 is 1.50 bits per heavy atom. The van der Waals surface area contributed by atoms with Crippen LogP contribution in [0.4, 0.5) is 0 Å². The Bertz CT molecular complexity index is 403. The van der Waals surface area contributed by atoms with E-state index in [2.05, 4.69) is 17.6 Å². The van der Waals surface area contributed by atoms with E-state index in [9.17, 15) is 4.79 Å². The van der Waals surface area contributed by atoms with Crippen LogP contribution >= 0.6 is 23.7 Å². The maximum atomic E-state index is 12.2. The number of ether oxygens (including phenoxy) is 1. The molecule has 0 unspecified atom stereocenters. The smallest absolute Gasteiger partial charge is 0.265 e. The van der Waals surface area contributed by atoms with E-state index in [1.807, 2.05) is 11.4 Å². The van der Waals surface area contributed by atoms with Gasteiger partial charge in [-0.15, -0.1) is 23.7 Å². The zero-order chi connectivity index (χ0) is 12.3. The van der Waals surface area contributed by atoms with Crippen LogP contribution in [0, 0.1) is 0 Å². The average molecular weight is 291 g/mol. The van der Waals surface area contributed by atoms with Gasteiger partial charge in [0.05, 0.1) is 7.11 Å². The molecule has 1 saturated heterocycles. The summed E-state index contributed by atoms with van der Waals surface area (Å²) in [5, 5.41) is 8.29. The molecule has 0 radical (unpaired) electrons. The minimum atomic E-state index is -0.0999. The Labute approximate surface area is 118 Å². The first-order valence-electron chi connectivity index (χ1n) is 5.79. The van der Waals surface area contributed by atoms with Crippen LogP contribution in [0.25, 0.3) is 0 Å². The molecule has 0 saturated carbocycles. The van der Waals surface area contributed by atoms with Crippen LogP contribution < -0.4 is 15.4 Å². The predicted molar refractivity (Wildman–Crippen MR) is 76.1 cm³/mol. The Balaban J connectivity index is 0.00000162. The molecule has 1 fully saturated rings. The average Bonchev–Trinajstić information content (AvgIpc) is 2.77. The first-order chi connectivity index (χ1) is 8.14. The second-order valence-electron chi connectivity index (χ2n) is 4.58. The molecule has 0 aliphatic carbocycles. The van der Waals surface area contributed by atoms with E-state index in [0.717, 1.165) is 25.9 Å². The molecule has 2 N–H and O–H groups in total. The number of piperidine rings is 1. The highest BCUT2D eigenvalue weighted by Crippen LogP contribution is 2.26. The van der Waals surface area contributed by atoms with Crippen LogP contribution in [0.2, 0.25) is 0 Å². The van der Waals surface area contributed by atoms with Crippen LogP contribution in [0.15, 0.2) is 11.4 Å². The van der Waals surface area contributed by atoms with Gasteiger partial charge in [-0.3, -0.25) is 4.79 Å². The predicted octanol–water partition coefficient (Wildman–Crippen LogP) is 2.05. The second-order valence-corrected chi connectivity index (χ2v) is 5.50. The lowest BCUT2D eigenvalue weighted by Crippen LogP contribution is -2.52. The molecule has 0 aromatic carbocycles. The highest BCUT2D eigenvalue weighted by atomic mass is 35.5. The summed E-state index contributed by atoms with van der Waals surface area (Å²) in [5.41, 5.74) is -0.0999. The van der Waals surface area contributed by atoms with Crippen molar-refractivity contribution in [2.75, 3.05) is 20.2 Å². The fraction of sp³-hybridized carbons (Fsp3) is 0.583. The first kappa shape index (κ1) is 15.3. The van der Waals surface area contributed by atoms with Gasteiger partial charge in [0, 0.05) is 5.54 Å². The Kier molecular flexibility index (Phi) is 5.44. The zero-order valence-electron chi connectivity index (χ0n) is 10.6. The van der Waals surface area contributed by atoms with E-state index in [1.54, 1.807) is 7.11 Å². The monoisotopic (exact) mass is 290 g/mol. The summed E-state index contributed by atoms with van der Waals surface area (Å²) in [6.07, 6.45) is 1.93. The van der Waals surface area contributed by atoms with Crippen molar-refractivity contribution in [3.63, 3.8) is 0 Å². The maximum Gasteiger partial charge on any atom is 0.265 e. The molecule has 2 rings (SSSR count). The van der Waals surface area contributed by atoms with E-state index in [-0.39, 0.29) is 23.9 Å². The standard InChI is InChI=1S/C12H18N2O2S.ClH/c1-12(4-6-13-7-5-12)14-11(15)10-9(16-2)3-8-17-10;/h3,8,13H,4-7H2,1-2H3,(H,14,15);1H. The minimum Gasteiger partial charge on any atom is -0.495 e. The number of hydrogen-bond acceptors (Lipinski definition) is 4. The number of carbonyl (C=O) groups is 1. The third-order valence-electron chi connectivity index (χ3n) is 3.18. The summed E-state index contributed by atoms with van der Waals surface area (Å²) < 4.78 is 5.17. The Hall–Kier alpha value is -0.780. The van der Waals surface area contributed by atoms with E-state index in [0.29, 0.717) is 10.6 Å². The molecule has 0 spiro atoms. The lowest BCUT2D eigenvalue weighted by molar-refractivity contribution is 0.0889. The topological polar surface area (TPSA) is 50.4 Å². The van der Waals surface area contributed by atoms with Crippen LogP contribution in [-0.2, 0) is 0 Å². The number of carbonyl (C=O) groups excluding carboxylic acids is 1. The lowest BCUT2D eigenvalue weighted by atomic mass is 9.90. The number of methoxy groups -OCH3 is 1. The highest BCUT2D eigenvalue weighted by molar-refractivity contribution is 7.12. The van der Waals surface area contributed by atoms with Crippen LogP contribution in [0.5, 0.6) is 5.75 Å². The van der Waals surface area contributed by atoms with E-state index in [1.165, 1.54) is 11.3 Å². The highest BCUT2D eigenvalue weighted by Gasteiger charge is 2.29. The van der Waals surface area contributed by atoms with Crippen molar-refractivity contribution in [2.24, 2.45) is 0 Å². The van der Waals surface area contributed by atoms with Crippen molar-refractivity contribution in [1.29, 1.82) is 0 Å². The quantitative estimate of drug-likeness (QED) is 0.896. The summed E-state index contributed by atoms with van der Waals surface area (Å²) >= 11 is 1.42. The maximum absolute atomic E-state index is 12.2. The Morgan fingerprint density at radius 2 is 2.17 bits per heavy atom. The van der Waals surface area contributed by atoms with Gasteiger partial charge in [-0.25, -0.2) is 0 Å². The number of rotatable bonds is 3. The minimum absolute atomic E-state index is 0. The summed E-state index contributed by atoms with van der Waals surface area (Å²) in [4.78, 5) is 12.8. The summed E-state index contributed by atoms with van der Waals surface area (Å²) in [6.45, 7) is 4.02. The van der Waals surface area contributed by atoms with E-state index >= 15 is 0 Å². The van der Waals surface area contributed by atoms with Crippen molar-refractivity contribution in [3.8, 4) is 5.75 Å². The first-order valence-corrected chi connectivity index (χ1v) is 6.67. The number of thiophene rings is 1. The largest absolute Gasteiger partial charge is 0.495 e. The van der Waals surface area contributed by atoms with Gasteiger partial charge in [0.2, 0.25) is 0 Å². The van der Waals surface area contributed by atoms with Gasteiger partial charge in [0.1, 0.15) is 10.6 Å². The molecule has 102 valence electrons. The molecule has 2 heterocycles. The van der Waals surface area contributed by atoms with Gasteiger partial charge in [-0.05, 0) is 44.3 Å². The SMILES string of the molecule is COc1ccsc1C(=O)NC1(C)CCNCC1.Cl. The van der Waals surface area contributed by atoms with Crippen molar-refractivity contribution >= 4 is 29.7 Å². The molecule has 1 aliphatic rings. The second kappa shape index (κ2) is 6.41. The fourth-order valence-electron chi connectivity index (χ4n) is 2.06. The molecule has 1 aliphatic heterocycles. The van der Waals surface area contributed by atoms with Crippen molar-refractivity contribution in [1.82, 2.24) is 10.6 Å². The van der Waals surface area contributed by atoms with Crippen LogP contribution in [0.1, 0.15) is 29.4 Å². The van der Waals surface area contributed by atoms with Gasteiger partial charge in [-0.1, -0.05) is 0 Å². The number of halogens is 1. The molecule has 0 bridgehead atoms. The van der Waals surface area contributed by atoms with E-state index in [4.69, 9.17) is 4.74 Å². The summed E-state index contributed by atoms with van der Waals surface area (Å²) in [6, 6.07) is 1.82. The number of amides is 1. The van der Waals surface area contributed by atoms with Crippen molar-refractivity contribution in [3.05, 3.63) is 16.3 Å². The van der Waals surface area contributed by atoms with E-state index < -0.39 is 0 Å². The van der Waals surface area contributed by atoms with Gasteiger partial charge < -0.3 is 15.4 Å². The Morgan fingerprint density at radius 3 is 2.78 bits per heavy atom. The van der Waals surface area contributed by atoms with Crippen molar-refractivity contribution < 1.29 is 9.53 Å². The number of hydrogen-bond donors (Lipinski definition) is 2. The molecular weight excluding hydrogens is 272 g/mol. The summed E-state index contributed by atoms with van der Waals surface area (Å²) in [7, 11) is 1.59. The van der Waals surface area contributed by atoms with Crippen LogP contribution in [0.3, 0.4) is 0 Å². The number of nitrogens with one attached hydrogen (secondary N) is 2. The third kappa shape index (κ3) is 3.37. The molecule has 1 amide bonds. The fourth-order valence-corrected chi connectivity index (χ4v) is 2.81. The molecule has 1 aromatic rings. The van der Waals surface area contributed by atoms with Crippen molar-refractivity contribution in [2.45, 2.75) is 25.3 Å². The molecular formula is C12H19ClN2O2S. The molecule has 18 heavy (non-hydrogen) atoms. The van der Waals surface area contributed by atoms with Gasteiger partial charge >= 0.3 is 0 Å². The third-order valence-corrected chi connectivity index (χ3v) is 4.07. The van der Waals surface area contributed by atoms with Gasteiger partial charge in [0.25, 0.3) is 5.91 Å². The normalized spacial score (nSPS) is 17.7. The molecule has 6 heteroatoms. The van der Waals surface area contributed by atoms with Gasteiger partial charge in [0.15, 0.2) is 0 Å². The molecule has 0 atom stereocenters. The zero-order valence-corrected chi connectivity index (χ0v) is 12.2. The van der Waals surface area contributed by atoms with Crippen LogP contribution in [-0.4, -0.2) is 31.6 Å². The molecule has 1 aromatic heterocycles. The summed E-state index contributed by atoms with van der Waals surface area (Å²) in [5.74, 6) is 0.631. The lowest BCUT2D eigenvalue weighted by Gasteiger charge is -2.34. The van der Waals surface area contributed by atoms with Gasteiger partial charge in [-0.2, -0.15) is 0 Å².